The van der Waals surface area contributed by atoms with Crippen molar-refractivity contribution >= 4 is 0 Å². The van der Waals surface area contributed by atoms with Gasteiger partial charge >= 0.3 is 0 Å². The zero-order valence-corrected chi connectivity index (χ0v) is 8.99. The summed E-state index contributed by atoms with van der Waals surface area (Å²) < 4.78 is 7.11. The number of hydrogen-bond acceptors (Lipinski definition) is 3. The average Bonchev–Trinajstić information content (AvgIpc) is 2.65. The summed E-state index contributed by atoms with van der Waals surface area (Å²) >= 11 is 0. The summed E-state index contributed by atoms with van der Waals surface area (Å²) in [6.07, 6.45) is 4.83. The summed E-state index contributed by atoms with van der Waals surface area (Å²) in [6, 6.07) is 0. The molecule has 1 rings (SSSR count). The van der Waals surface area contributed by atoms with Crippen LogP contribution in [0.15, 0.2) is 12.5 Å². The molecule has 0 amide bonds. The maximum Gasteiger partial charge on any atom is 0.0948 e. The van der Waals surface area contributed by atoms with Crippen LogP contribution in [0, 0.1) is 0 Å². The van der Waals surface area contributed by atoms with E-state index in [1.807, 2.05) is 12.5 Å². The summed E-state index contributed by atoms with van der Waals surface area (Å²) in [4.78, 5) is 4.11. The number of nitrogens with one attached hydrogen (secondary N) is 1. The predicted molar refractivity (Wildman–Crippen MR) is 56.1 cm³/mol. The number of hydrogen-bond donors (Lipinski definition) is 1. The summed E-state index contributed by atoms with van der Waals surface area (Å²) in [6.45, 7) is 5.80. The molecule has 0 saturated heterocycles. The van der Waals surface area contributed by atoms with Crippen LogP contribution in [0.2, 0.25) is 0 Å². The van der Waals surface area contributed by atoms with Gasteiger partial charge in [0.25, 0.3) is 0 Å². The van der Waals surface area contributed by atoms with E-state index in [0.717, 1.165) is 32.7 Å². The Kier molecular flexibility index (Phi) is 5.25. The summed E-state index contributed by atoms with van der Waals surface area (Å²) in [5.74, 6) is 0. The third-order valence-electron chi connectivity index (χ3n) is 2.15. The first kappa shape index (κ1) is 11.2. The molecule has 1 N–H and O–H groups in total. The van der Waals surface area contributed by atoms with Crippen molar-refractivity contribution < 1.29 is 4.74 Å². The average molecular weight is 197 g/mol. The molecule has 80 valence electrons. The number of rotatable bonds is 7. The third kappa shape index (κ3) is 3.47. The number of nitrogens with zero attached hydrogens (tertiary/aromatic N) is 2. The Morgan fingerprint density at radius 3 is 3.14 bits per heavy atom. The van der Waals surface area contributed by atoms with Gasteiger partial charge < -0.3 is 14.6 Å². The summed E-state index contributed by atoms with van der Waals surface area (Å²) in [5.41, 5.74) is 1.24. The molecule has 14 heavy (non-hydrogen) atoms. The van der Waals surface area contributed by atoms with E-state index in [1.54, 1.807) is 7.11 Å². The van der Waals surface area contributed by atoms with Crippen LogP contribution in [-0.4, -0.2) is 29.8 Å². The van der Waals surface area contributed by atoms with Gasteiger partial charge in [-0.15, -0.1) is 0 Å². The first-order valence-corrected chi connectivity index (χ1v) is 5.07. The van der Waals surface area contributed by atoms with Crippen LogP contribution >= 0.6 is 0 Å². The van der Waals surface area contributed by atoms with Gasteiger partial charge in [-0.2, -0.15) is 0 Å². The predicted octanol–water partition coefficient (Wildman–Crippen LogP) is 1.03. The topological polar surface area (TPSA) is 39.1 Å². The highest BCUT2D eigenvalue weighted by molar-refractivity contribution is 4.97. The molecule has 0 fully saturated rings. The van der Waals surface area contributed by atoms with Crippen LogP contribution in [0.4, 0.5) is 0 Å². The molecule has 0 aliphatic heterocycles. The Labute approximate surface area is 85.3 Å². The van der Waals surface area contributed by atoms with E-state index < -0.39 is 0 Å². The Balaban J connectivity index is 2.17. The van der Waals surface area contributed by atoms with Gasteiger partial charge in [0.15, 0.2) is 0 Å². The lowest BCUT2D eigenvalue weighted by Gasteiger charge is -2.06. The van der Waals surface area contributed by atoms with E-state index in [1.165, 1.54) is 5.69 Å². The second-order valence-electron chi connectivity index (χ2n) is 3.19. The van der Waals surface area contributed by atoms with E-state index in [-0.39, 0.29) is 0 Å². The molecule has 0 saturated carbocycles. The quantitative estimate of drug-likeness (QED) is 0.664. The molecule has 4 nitrogen and oxygen atoms in total. The first-order chi connectivity index (χ1) is 6.88. The lowest BCUT2D eigenvalue weighted by molar-refractivity contribution is 0.194. The van der Waals surface area contributed by atoms with E-state index in [2.05, 4.69) is 21.8 Å². The maximum atomic E-state index is 4.97. The minimum atomic E-state index is 0.819. The lowest BCUT2D eigenvalue weighted by atomic mass is 10.4. The Morgan fingerprint density at radius 1 is 1.57 bits per heavy atom. The molecule has 1 heterocycles. The monoisotopic (exact) mass is 197 g/mol. The van der Waals surface area contributed by atoms with Crippen LogP contribution in [0.1, 0.15) is 19.0 Å². The third-order valence-corrected chi connectivity index (χ3v) is 2.15. The molecule has 0 spiro atoms. The standard InChI is InChI=1S/C10H19N3O/c1-3-13-9-12-8-10(13)7-11-5-4-6-14-2/h8-9,11H,3-7H2,1-2H3. The molecule has 0 aromatic carbocycles. The van der Waals surface area contributed by atoms with Gasteiger partial charge in [-0.1, -0.05) is 0 Å². The van der Waals surface area contributed by atoms with Crippen molar-refractivity contribution in [1.29, 1.82) is 0 Å². The lowest BCUT2D eigenvalue weighted by Crippen LogP contribution is -2.18. The van der Waals surface area contributed by atoms with Gasteiger partial charge in [0.2, 0.25) is 0 Å². The Bertz CT molecular complexity index is 247. The normalized spacial score (nSPS) is 10.7. The molecule has 0 unspecified atom stereocenters. The SMILES string of the molecule is CCn1cncc1CNCCCOC. The number of ether oxygens (including phenoxy) is 1. The van der Waals surface area contributed by atoms with Gasteiger partial charge in [-0.05, 0) is 19.9 Å². The fourth-order valence-corrected chi connectivity index (χ4v) is 1.34. The van der Waals surface area contributed by atoms with Crippen LogP contribution in [0.3, 0.4) is 0 Å². The minimum absolute atomic E-state index is 0.819. The second-order valence-corrected chi connectivity index (χ2v) is 3.19. The second kappa shape index (κ2) is 6.56. The van der Waals surface area contributed by atoms with E-state index >= 15 is 0 Å². The number of aryl methyl sites for hydroxylation is 1. The Hall–Kier alpha value is -0.870. The van der Waals surface area contributed by atoms with Crippen LogP contribution in [0.25, 0.3) is 0 Å². The molecule has 1 aromatic rings. The molecule has 0 radical (unpaired) electrons. The van der Waals surface area contributed by atoms with Gasteiger partial charge in [0.05, 0.1) is 12.0 Å². The summed E-state index contributed by atoms with van der Waals surface area (Å²) in [5, 5.41) is 3.36. The number of aromatic nitrogens is 2. The van der Waals surface area contributed by atoms with Gasteiger partial charge in [0, 0.05) is 33.0 Å². The fourth-order valence-electron chi connectivity index (χ4n) is 1.34. The van der Waals surface area contributed by atoms with Crippen LogP contribution in [-0.2, 0) is 17.8 Å². The van der Waals surface area contributed by atoms with Crippen LogP contribution < -0.4 is 5.32 Å². The minimum Gasteiger partial charge on any atom is -0.385 e. The zero-order valence-electron chi connectivity index (χ0n) is 8.99. The molecule has 0 aliphatic carbocycles. The number of methoxy groups -OCH3 is 1. The highest BCUT2D eigenvalue weighted by Crippen LogP contribution is 1.97. The number of imidazole rings is 1. The van der Waals surface area contributed by atoms with E-state index in [0.29, 0.717) is 0 Å². The van der Waals surface area contributed by atoms with Crippen molar-refractivity contribution in [2.24, 2.45) is 0 Å². The van der Waals surface area contributed by atoms with Gasteiger partial charge in [-0.25, -0.2) is 4.98 Å². The molecule has 0 bridgehead atoms. The van der Waals surface area contributed by atoms with Crippen molar-refractivity contribution in [1.82, 2.24) is 14.9 Å². The van der Waals surface area contributed by atoms with Crippen molar-refractivity contribution in [2.75, 3.05) is 20.3 Å². The molecule has 0 atom stereocenters. The van der Waals surface area contributed by atoms with E-state index in [9.17, 15) is 0 Å². The first-order valence-electron chi connectivity index (χ1n) is 5.07. The largest absolute Gasteiger partial charge is 0.385 e. The molecule has 4 heteroatoms. The van der Waals surface area contributed by atoms with Crippen molar-refractivity contribution in [3.63, 3.8) is 0 Å². The fraction of sp³-hybridized carbons (Fsp3) is 0.700. The van der Waals surface area contributed by atoms with Crippen molar-refractivity contribution in [3.05, 3.63) is 18.2 Å². The van der Waals surface area contributed by atoms with Gasteiger partial charge in [-0.3, -0.25) is 0 Å². The van der Waals surface area contributed by atoms with Crippen LogP contribution in [0.5, 0.6) is 0 Å². The van der Waals surface area contributed by atoms with Crippen molar-refractivity contribution in [2.45, 2.75) is 26.4 Å². The summed E-state index contributed by atoms with van der Waals surface area (Å²) in [7, 11) is 1.73. The highest BCUT2D eigenvalue weighted by Gasteiger charge is 1.98. The van der Waals surface area contributed by atoms with E-state index in [4.69, 9.17) is 4.74 Å². The maximum absolute atomic E-state index is 4.97. The van der Waals surface area contributed by atoms with Crippen molar-refractivity contribution in [3.8, 4) is 0 Å². The highest BCUT2D eigenvalue weighted by atomic mass is 16.5. The molecular weight excluding hydrogens is 178 g/mol. The molecular formula is C10H19N3O. The zero-order chi connectivity index (χ0) is 10.2. The molecule has 1 aromatic heterocycles. The Morgan fingerprint density at radius 2 is 2.43 bits per heavy atom. The molecule has 0 aliphatic rings. The van der Waals surface area contributed by atoms with Gasteiger partial charge in [0.1, 0.15) is 0 Å². The smallest absolute Gasteiger partial charge is 0.0948 e.